The minimum absolute atomic E-state index is 0.0341. The molecule has 0 aromatic rings. The molecule has 0 aromatic carbocycles. The Bertz CT molecular complexity index is 412. The third-order valence-corrected chi connectivity index (χ3v) is 5.41. The Morgan fingerprint density at radius 3 is 2.29 bits per heavy atom. The summed E-state index contributed by atoms with van der Waals surface area (Å²) >= 11 is 0. The van der Waals surface area contributed by atoms with Crippen LogP contribution in [0.2, 0.25) is 0 Å². The van der Waals surface area contributed by atoms with Crippen LogP contribution in [0.4, 0.5) is 4.79 Å². The fraction of sp³-hybridized carbons (Fsp3) is 0.875. The van der Waals surface area contributed by atoms with Gasteiger partial charge in [0.2, 0.25) is 0 Å². The van der Waals surface area contributed by atoms with Gasteiger partial charge >= 0.3 is 12.0 Å². The molecule has 2 rings (SSSR count). The summed E-state index contributed by atoms with van der Waals surface area (Å²) in [6.07, 6.45) is 3.88. The smallest absolute Gasteiger partial charge is 0.317 e. The van der Waals surface area contributed by atoms with E-state index >= 15 is 0 Å². The Morgan fingerprint density at radius 1 is 1.29 bits per heavy atom. The van der Waals surface area contributed by atoms with E-state index in [1.165, 1.54) is 6.42 Å². The normalized spacial score (nSPS) is 26.2. The number of urea groups is 1. The van der Waals surface area contributed by atoms with Gasteiger partial charge in [0.05, 0.1) is 5.41 Å². The van der Waals surface area contributed by atoms with Gasteiger partial charge in [0, 0.05) is 19.6 Å². The maximum atomic E-state index is 12.1. The summed E-state index contributed by atoms with van der Waals surface area (Å²) in [6, 6.07) is -0.0341. The van der Waals surface area contributed by atoms with Gasteiger partial charge in [-0.15, -0.1) is 0 Å². The van der Waals surface area contributed by atoms with Crippen LogP contribution in [-0.2, 0) is 4.79 Å². The molecule has 1 unspecified atom stereocenters. The predicted octanol–water partition coefficient (Wildman–Crippen LogP) is 2.71. The van der Waals surface area contributed by atoms with Crippen LogP contribution in [0, 0.1) is 16.7 Å². The number of nitrogens with one attached hydrogen (secondary N) is 1. The van der Waals surface area contributed by atoms with Crippen molar-refractivity contribution < 1.29 is 14.7 Å². The number of hydrogen-bond acceptors (Lipinski definition) is 2. The predicted molar refractivity (Wildman–Crippen MR) is 81.1 cm³/mol. The summed E-state index contributed by atoms with van der Waals surface area (Å²) in [5, 5.41) is 12.5. The van der Waals surface area contributed by atoms with Gasteiger partial charge in [-0.1, -0.05) is 27.2 Å². The number of carboxylic acids is 1. The van der Waals surface area contributed by atoms with Gasteiger partial charge in [0.15, 0.2) is 0 Å². The molecule has 5 nitrogen and oxygen atoms in total. The average Bonchev–Trinajstić information content (AvgIpc) is 3.04. The molecule has 0 bridgehead atoms. The van der Waals surface area contributed by atoms with E-state index in [9.17, 15) is 14.7 Å². The number of aliphatic carboxylic acids is 1. The lowest BCUT2D eigenvalue weighted by atomic mass is 9.75. The standard InChI is InChI=1S/C16H28N2O3/c1-4-5-16(13(19)20)6-8-18(9-7-16)14(21)17-11-12-10-15(12,2)3/h12H,4-11H2,1-3H3,(H,17,21)(H,19,20). The molecule has 0 radical (unpaired) electrons. The second-order valence-corrected chi connectivity index (χ2v) is 7.40. The minimum Gasteiger partial charge on any atom is -0.481 e. The molecule has 0 spiro atoms. The van der Waals surface area contributed by atoms with Crippen LogP contribution in [0.25, 0.3) is 0 Å². The maximum Gasteiger partial charge on any atom is 0.317 e. The topological polar surface area (TPSA) is 69.6 Å². The first-order valence-electron chi connectivity index (χ1n) is 8.07. The quantitative estimate of drug-likeness (QED) is 0.819. The average molecular weight is 296 g/mol. The molecule has 0 aromatic heterocycles. The van der Waals surface area contributed by atoms with Crippen LogP contribution in [0.1, 0.15) is 52.9 Å². The lowest BCUT2D eigenvalue weighted by Crippen LogP contribution is -2.50. The number of hydrogen-bond donors (Lipinski definition) is 2. The third kappa shape index (κ3) is 3.50. The molecule has 2 aliphatic rings. The molecular weight excluding hydrogens is 268 g/mol. The molecule has 21 heavy (non-hydrogen) atoms. The van der Waals surface area contributed by atoms with Gasteiger partial charge in [-0.3, -0.25) is 4.79 Å². The number of nitrogens with zero attached hydrogens (tertiary/aromatic N) is 1. The Kier molecular flexibility index (Phi) is 4.49. The summed E-state index contributed by atoms with van der Waals surface area (Å²) in [5.41, 5.74) is -0.251. The van der Waals surface area contributed by atoms with E-state index in [0.717, 1.165) is 13.0 Å². The van der Waals surface area contributed by atoms with Crippen LogP contribution in [0.15, 0.2) is 0 Å². The molecule has 2 fully saturated rings. The van der Waals surface area contributed by atoms with E-state index in [0.29, 0.717) is 43.7 Å². The number of rotatable bonds is 5. The van der Waals surface area contributed by atoms with Gasteiger partial charge in [0.1, 0.15) is 0 Å². The first kappa shape index (κ1) is 16.1. The number of carboxylic acid groups (broad SMARTS) is 1. The van der Waals surface area contributed by atoms with Crippen molar-refractivity contribution in [2.24, 2.45) is 16.7 Å². The van der Waals surface area contributed by atoms with Gasteiger partial charge in [-0.25, -0.2) is 4.79 Å². The zero-order chi connectivity index (χ0) is 15.7. The van der Waals surface area contributed by atoms with Gasteiger partial charge in [0.25, 0.3) is 0 Å². The van der Waals surface area contributed by atoms with Crippen molar-refractivity contribution >= 4 is 12.0 Å². The van der Waals surface area contributed by atoms with E-state index < -0.39 is 11.4 Å². The summed E-state index contributed by atoms with van der Waals surface area (Å²) in [7, 11) is 0. The molecule has 1 heterocycles. The summed E-state index contributed by atoms with van der Waals surface area (Å²) < 4.78 is 0. The Balaban J connectivity index is 1.80. The molecular formula is C16H28N2O3. The highest BCUT2D eigenvalue weighted by atomic mass is 16.4. The highest BCUT2D eigenvalue weighted by molar-refractivity contribution is 5.77. The summed E-state index contributed by atoms with van der Waals surface area (Å²) in [5.74, 6) is -0.117. The molecule has 1 saturated carbocycles. The number of likely N-dealkylation sites (tertiary alicyclic amines) is 1. The Morgan fingerprint density at radius 2 is 1.86 bits per heavy atom. The minimum atomic E-state index is -0.705. The second-order valence-electron chi connectivity index (χ2n) is 7.40. The molecule has 1 saturated heterocycles. The van der Waals surface area contributed by atoms with Crippen LogP contribution < -0.4 is 5.32 Å². The number of amides is 2. The van der Waals surface area contributed by atoms with Crippen molar-refractivity contribution in [1.82, 2.24) is 10.2 Å². The molecule has 120 valence electrons. The zero-order valence-corrected chi connectivity index (χ0v) is 13.4. The van der Waals surface area contributed by atoms with Crippen molar-refractivity contribution in [1.29, 1.82) is 0 Å². The van der Waals surface area contributed by atoms with Crippen LogP contribution in [-0.4, -0.2) is 41.6 Å². The van der Waals surface area contributed by atoms with Crippen molar-refractivity contribution in [3.05, 3.63) is 0 Å². The first-order valence-corrected chi connectivity index (χ1v) is 8.07. The van der Waals surface area contributed by atoms with Gasteiger partial charge in [-0.05, 0) is 37.0 Å². The maximum absolute atomic E-state index is 12.1. The molecule has 1 atom stereocenters. The monoisotopic (exact) mass is 296 g/mol. The lowest BCUT2D eigenvalue weighted by Gasteiger charge is -2.38. The van der Waals surface area contributed by atoms with E-state index in [4.69, 9.17) is 0 Å². The Hall–Kier alpha value is -1.26. The number of carbonyl (C=O) groups is 2. The molecule has 2 amide bonds. The SMILES string of the molecule is CCCC1(C(=O)O)CCN(C(=O)NCC2CC2(C)C)CC1. The van der Waals surface area contributed by atoms with Crippen LogP contribution in [0.3, 0.4) is 0 Å². The van der Waals surface area contributed by atoms with Gasteiger partial charge < -0.3 is 15.3 Å². The van der Waals surface area contributed by atoms with E-state index in [-0.39, 0.29) is 6.03 Å². The summed E-state index contributed by atoms with van der Waals surface area (Å²) in [6.45, 7) is 8.29. The van der Waals surface area contributed by atoms with Crippen molar-refractivity contribution in [3.8, 4) is 0 Å². The Labute approximate surface area is 127 Å². The zero-order valence-electron chi connectivity index (χ0n) is 13.4. The van der Waals surface area contributed by atoms with E-state index in [1.54, 1.807) is 4.90 Å². The second kappa shape index (κ2) is 5.85. The van der Waals surface area contributed by atoms with E-state index in [2.05, 4.69) is 19.2 Å². The van der Waals surface area contributed by atoms with Crippen molar-refractivity contribution in [2.75, 3.05) is 19.6 Å². The number of piperidine rings is 1. The molecule has 1 aliphatic heterocycles. The van der Waals surface area contributed by atoms with Gasteiger partial charge in [-0.2, -0.15) is 0 Å². The lowest BCUT2D eigenvalue weighted by molar-refractivity contribution is -0.152. The van der Waals surface area contributed by atoms with Crippen LogP contribution in [0.5, 0.6) is 0 Å². The fourth-order valence-corrected chi connectivity index (χ4v) is 3.43. The highest BCUT2D eigenvalue weighted by Gasteiger charge is 2.46. The summed E-state index contributed by atoms with van der Waals surface area (Å²) in [4.78, 5) is 25.4. The molecule has 5 heteroatoms. The van der Waals surface area contributed by atoms with E-state index in [1.807, 2.05) is 6.92 Å². The third-order valence-electron chi connectivity index (χ3n) is 5.41. The van der Waals surface area contributed by atoms with Crippen molar-refractivity contribution in [2.45, 2.75) is 52.9 Å². The highest BCUT2D eigenvalue weighted by Crippen LogP contribution is 2.51. The first-order chi connectivity index (χ1) is 9.81. The van der Waals surface area contributed by atoms with Crippen molar-refractivity contribution in [3.63, 3.8) is 0 Å². The largest absolute Gasteiger partial charge is 0.481 e. The van der Waals surface area contributed by atoms with Crippen LogP contribution >= 0.6 is 0 Å². The fourth-order valence-electron chi connectivity index (χ4n) is 3.43. The number of carbonyl (C=O) groups excluding carboxylic acids is 1. The molecule has 1 aliphatic carbocycles. The molecule has 2 N–H and O–H groups in total.